The van der Waals surface area contributed by atoms with Gasteiger partial charge in [0.2, 0.25) is 0 Å². The molecule has 1 N–H and O–H groups in total. The van der Waals surface area contributed by atoms with Crippen molar-refractivity contribution in [3.05, 3.63) is 33.8 Å². The second-order valence-corrected chi connectivity index (χ2v) is 4.87. The molecule has 1 aliphatic heterocycles. The van der Waals surface area contributed by atoms with Crippen LogP contribution in [-0.2, 0) is 0 Å². The van der Waals surface area contributed by atoms with Crippen molar-refractivity contribution < 1.29 is 0 Å². The molecular weight excluding hydrogens is 238 g/mol. The number of halogens is 1. The third-order valence-corrected chi connectivity index (χ3v) is 3.78. The van der Waals surface area contributed by atoms with E-state index < -0.39 is 0 Å². The zero-order valence-electron chi connectivity index (χ0n) is 8.52. The predicted octanol–water partition coefficient (Wildman–Crippen LogP) is 3.57. The molecule has 1 heterocycles. The third kappa shape index (κ3) is 2.18. The minimum Gasteiger partial charge on any atom is -0.310 e. The molecule has 2 rings (SSSR count). The second kappa shape index (κ2) is 4.45. The number of benzene rings is 1. The van der Waals surface area contributed by atoms with Gasteiger partial charge < -0.3 is 5.32 Å². The molecule has 76 valence electrons. The fourth-order valence-electron chi connectivity index (χ4n) is 2.02. The number of piperidine rings is 1. The van der Waals surface area contributed by atoms with Crippen molar-refractivity contribution >= 4 is 15.9 Å². The molecule has 0 radical (unpaired) electrons. The first-order valence-corrected chi connectivity index (χ1v) is 6.06. The first-order valence-electron chi connectivity index (χ1n) is 5.27. The van der Waals surface area contributed by atoms with Gasteiger partial charge in [-0.15, -0.1) is 0 Å². The first kappa shape index (κ1) is 10.2. The molecule has 1 aromatic carbocycles. The van der Waals surface area contributed by atoms with Crippen molar-refractivity contribution in [2.24, 2.45) is 0 Å². The van der Waals surface area contributed by atoms with E-state index >= 15 is 0 Å². The van der Waals surface area contributed by atoms with E-state index in [1.54, 1.807) is 0 Å². The Labute approximate surface area is 94.0 Å². The normalized spacial score (nSPS) is 22.3. The summed E-state index contributed by atoms with van der Waals surface area (Å²) in [5, 5.41) is 3.57. The lowest BCUT2D eigenvalue weighted by molar-refractivity contribution is 0.412. The summed E-state index contributed by atoms with van der Waals surface area (Å²) in [6.45, 7) is 3.32. The van der Waals surface area contributed by atoms with Gasteiger partial charge in [-0.3, -0.25) is 0 Å². The molecule has 2 heteroatoms. The number of hydrogen-bond acceptors (Lipinski definition) is 1. The van der Waals surface area contributed by atoms with Crippen molar-refractivity contribution in [1.82, 2.24) is 5.32 Å². The molecule has 1 nitrogen and oxygen atoms in total. The van der Waals surface area contributed by atoms with Gasteiger partial charge in [-0.25, -0.2) is 0 Å². The van der Waals surface area contributed by atoms with Gasteiger partial charge in [0.15, 0.2) is 0 Å². The van der Waals surface area contributed by atoms with Gasteiger partial charge in [0.05, 0.1) is 0 Å². The molecule has 1 saturated heterocycles. The lowest BCUT2D eigenvalue weighted by Gasteiger charge is -2.24. The second-order valence-electron chi connectivity index (χ2n) is 4.01. The smallest absolute Gasteiger partial charge is 0.0320 e. The molecule has 0 spiro atoms. The Balaban J connectivity index is 2.18. The average molecular weight is 254 g/mol. The molecule has 1 fully saturated rings. The minimum absolute atomic E-state index is 0.579. The summed E-state index contributed by atoms with van der Waals surface area (Å²) in [5.41, 5.74) is 2.76. The average Bonchev–Trinajstić information content (AvgIpc) is 2.23. The van der Waals surface area contributed by atoms with E-state index in [2.05, 4.69) is 46.4 Å². The lowest BCUT2D eigenvalue weighted by atomic mass is 9.96. The van der Waals surface area contributed by atoms with Gasteiger partial charge in [-0.05, 0) is 43.5 Å². The van der Waals surface area contributed by atoms with E-state index in [0.717, 1.165) is 0 Å². The van der Waals surface area contributed by atoms with Gasteiger partial charge in [-0.2, -0.15) is 0 Å². The Morgan fingerprint density at radius 1 is 1.36 bits per heavy atom. The van der Waals surface area contributed by atoms with Crippen LogP contribution in [0.1, 0.15) is 36.4 Å². The molecule has 0 bridgehead atoms. The predicted molar refractivity (Wildman–Crippen MR) is 63.5 cm³/mol. The number of rotatable bonds is 1. The minimum atomic E-state index is 0.579. The van der Waals surface area contributed by atoms with Crippen LogP contribution in [0.5, 0.6) is 0 Å². The zero-order valence-corrected chi connectivity index (χ0v) is 10.1. The van der Waals surface area contributed by atoms with E-state index in [1.165, 1.54) is 41.4 Å². The van der Waals surface area contributed by atoms with Crippen molar-refractivity contribution in [3.63, 3.8) is 0 Å². The first-order chi connectivity index (χ1) is 6.77. The molecule has 1 atom stereocenters. The fourth-order valence-corrected chi connectivity index (χ4v) is 2.27. The number of aryl methyl sites for hydroxylation is 1. The Bertz CT molecular complexity index is 316. The van der Waals surface area contributed by atoms with Crippen LogP contribution in [0.3, 0.4) is 0 Å². The fraction of sp³-hybridized carbons (Fsp3) is 0.500. The maximum atomic E-state index is 3.57. The van der Waals surface area contributed by atoms with Gasteiger partial charge in [-0.1, -0.05) is 34.5 Å². The largest absolute Gasteiger partial charge is 0.310 e. The van der Waals surface area contributed by atoms with Gasteiger partial charge >= 0.3 is 0 Å². The summed E-state index contributed by atoms with van der Waals surface area (Å²) >= 11 is 3.53. The maximum Gasteiger partial charge on any atom is 0.0320 e. The van der Waals surface area contributed by atoms with E-state index in [0.29, 0.717) is 6.04 Å². The molecule has 0 saturated carbocycles. The Hall–Kier alpha value is -0.340. The lowest BCUT2D eigenvalue weighted by Crippen LogP contribution is -2.26. The van der Waals surface area contributed by atoms with Crippen LogP contribution in [0.25, 0.3) is 0 Å². The van der Waals surface area contributed by atoms with Gasteiger partial charge in [0.25, 0.3) is 0 Å². The van der Waals surface area contributed by atoms with Crippen molar-refractivity contribution in [1.29, 1.82) is 0 Å². The molecule has 0 aliphatic carbocycles. The van der Waals surface area contributed by atoms with Crippen LogP contribution in [0, 0.1) is 6.92 Å². The Morgan fingerprint density at radius 2 is 2.21 bits per heavy atom. The quantitative estimate of drug-likeness (QED) is 0.807. The summed E-state index contributed by atoms with van der Waals surface area (Å²) in [7, 11) is 0. The zero-order chi connectivity index (χ0) is 9.97. The third-order valence-electron chi connectivity index (χ3n) is 2.89. The highest BCUT2D eigenvalue weighted by Crippen LogP contribution is 2.26. The van der Waals surface area contributed by atoms with Gasteiger partial charge in [0, 0.05) is 10.5 Å². The van der Waals surface area contributed by atoms with E-state index in [-0.39, 0.29) is 0 Å². The maximum absolute atomic E-state index is 3.57. The van der Waals surface area contributed by atoms with Gasteiger partial charge in [0.1, 0.15) is 0 Å². The molecule has 1 aromatic rings. The summed E-state index contributed by atoms with van der Waals surface area (Å²) in [4.78, 5) is 0. The summed E-state index contributed by atoms with van der Waals surface area (Å²) in [6.07, 6.45) is 3.96. The molecule has 0 aromatic heterocycles. The van der Waals surface area contributed by atoms with E-state index in [4.69, 9.17) is 0 Å². The highest BCUT2D eigenvalue weighted by Gasteiger charge is 2.14. The number of hydrogen-bond donors (Lipinski definition) is 1. The topological polar surface area (TPSA) is 12.0 Å². The summed E-state index contributed by atoms with van der Waals surface area (Å²) < 4.78 is 1.21. The van der Waals surface area contributed by atoms with Crippen LogP contribution < -0.4 is 5.32 Å². The molecule has 14 heavy (non-hydrogen) atoms. The number of nitrogens with one attached hydrogen (secondary N) is 1. The van der Waals surface area contributed by atoms with Crippen molar-refractivity contribution in [2.45, 2.75) is 32.2 Å². The SMILES string of the molecule is Cc1cc(C2CCCCN2)ccc1Br. The van der Waals surface area contributed by atoms with Crippen LogP contribution in [0.15, 0.2) is 22.7 Å². The van der Waals surface area contributed by atoms with Crippen molar-refractivity contribution in [2.75, 3.05) is 6.54 Å². The highest BCUT2D eigenvalue weighted by molar-refractivity contribution is 9.10. The molecular formula is C12H16BrN. The monoisotopic (exact) mass is 253 g/mol. The summed E-state index contributed by atoms with van der Waals surface area (Å²) in [6, 6.07) is 7.24. The Kier molecular flexibility index (Phi) is 3.24. The van der Waals surface area contributed by atoms with Crippen LogP contribution in [0.2, 0.25) is 0 Å². The Morgan fingerprint density at radius 3 is 2.86 bits per heavy atom. The van der Waals surface area contributed by atoms with E-state index in [9.17, 15) is 0 Å². The van der Waals surface area contributed by atoms with Crippen LogP contribution in [-0.4, -0.2) is 6.54 Å². The molecule has 0 amide bonds. The van der Waals surface area contributed by atoms with Crippen molar-refractivity contribution in [3.8, 4) is 0 Å². The van der Waals surface area contributed by atoms with Crippen LogP contribution >= 0.6 is 15.9 Å². The highest BCUT2D eigenvalue weighted by atomic mass is 79.9. The summed E-state index contributed by atoms with van der Waals surface area (Å²) in [5.74, 6) is 0. The van der Waals surface area contributed by atoms with Crippen LogP contribution in [0.4, 0.5) is 0 Å². The molecule has 1 aliphatic rings. The molecule has 1 unspecified atom stereocenters. The van der Waals surface area contributed by atoms with E-state index in [1.807, 2.05) is 0 Å². The standard InChI is InChI=1S/C12H16BrN/c1-9-8-10(5-6-11(9)13)12-4-2-3-7-14-12/h5-6,8,12,14H,2-4,7H2,1H3.